The molecule has 3 aliphatic heterocycles. The largest absolute Gasteiger partial charge is 0.381 e. The molecule has 1 N–H and O–H groups in total. The van der Waals surface area contributed by atoms with Gasteiger partial charge in [0, 0.05) is 52.7 Å². The van der Waals surface area contributed by atoms with E-state index in [-0.39, 0.29) is 23.8 Å². The van der Waals surface area contributed by atoms with Gasteiger partial charge in [0.25, 0.3) is 5.91 Å². The van der Waals surface area contributed by atoms with Crippen molar-refractivity contribution in [3.05, 3.63) is 54.8 Å². The molecule has 0 radical (unpaired) electrons. The van der Waals surface area contributed by atoms with E-state index in [1.807, 2.05) is 18.2 Å². The molecule has 6 nitrogen and oxygen atoms in total. The second-order valence-corrected chi connectivity index (χ2v) is 12.7. The summed E-state index contributed by atoms with van der Waals surface area (Å²) in [5.74, 6) is 1.36. The Kier molecular flexibility index (Phi) is 7.81. The van der Waals surface area contributed by atoms with Crippen molar-refractivity contribution in [2.45, 2.75) is 32.7 Å². The minimum atomic E-state index is -0.0328. The fourth-order valence-corrected chi connectivity index (χ4v) is 7.94. The van der Waals surface area contributed by atoms with Gasteiger partial charge in [0.1, 0.15) is 0 Å². The van der Waals surface area contributed by atoms with Crippen molar-refractivity contribution >= 4 is 45.7 Å². The van der Waals surface area contributed by atoms with Crippen LogP contribution in [0.2, 0.25) is 0 Å². The van der Waals surface area contributed by atoms with Crippen molar-refractivity contribution in [3.8, 4) is 0 Å². The third-order valence-corrected chi connectivity index (χ3v) is 10.5. The number of fused-ring (bicyclic) bond motifs is 1. The number of likely N-dealkylation sites (tertiary alicyclic amines) is 2. The van der Waals surface area contributed by atoms with Gasteiger partial charge in [-0.25, -0.2) is 0 Å². The molecule has 5 rings (SSSR count). The van der Waals surface area contributed by atoms with Crippen molar-refractivity contribution < 1.29 is 14.3 Å². The maximum atomic E-state index is 13.3. The van der Waals surface area contributed by atoms with Crippen LogP contribution in [0.4, 0.5) is 0 Å². The fourth-order valence-electron chi connectivity index (χ4n) is 5.85. The molecule has 35 heavy (non-hydrogen) atoms. The van der Waals surface area contributed by atoms with Gasteiger partial charge >= 0.3 is 0 Å². The Morgan fingerprint density at radius 1 is 1.11 bits per heavy atom. The van der Waals surface area contributed by atoms with E-state index >= 15 is 0 Å². The summed E-state index contributed by atoms with van der Waals surface area (Å²) in [5.41, 5.74) is 2.07. The monoisotopic (exact) mass is 607 g/mol. The number of hydrogen-bond acceptors (Lipinski definition) is 5. The standard InChI is InChI=1S/C27H34IN3O3S/c1-17-24(25(28)18(2)35-17)27(33)31-14-21-12-30(13-22(21)15-31)10-8-23(19-6-4-3-5-7-19)29-26(32)20-9-11-34-16-20/h3-7,20-23H,8-16H2,1-2H3,(H,29,32)/t20?,21?,22?,23-/m0/s1. The zero-order valence-corrected chi connectivity index (χ0v) is 23.4. The number of amides is 2. The van der Waals surface area contributed by atoms with E-state index in [0.717, 1.165) is 65.1 Å². The summed E-state index contributed by atoms with van der Waals surface area (Å²) in [7, 11) is 0. The molecular weight excluding hydrogens is 573 g/mol. The minimum absolute atomic E-state index is 0.00898. The summed E-state index contributed by atoms with van der Waals surface area (Å²) in [6, 6.07) is 10.3. The molecule has 3 aliphatic rings. The Morgan fingerprint density at radius 2 is 1.83 bits per heavy atom. The number of aryl methyl sites for hydroxylation is 2. The van der Waals surface area contributed by atoms with E-state index in [1.54, 1.807) is 11.3 Å². The van der Waals surface area contributed by atoms with Gasteiger partial charge in [-0.05, 0) is 66.7 Å². The van der Waals surface area contributed by atoms with E-state index in [0.29, 0.717) is 25.0 Å². The van der Waals surface area contributed by atoms with Crippen LogP contribution in [-0.4, -0.2) is 67.6 Å². The normalized spacial score (nSPS) is 25.1. The number of halogens is 1. The highest BCUT2D eigenvalue weighted by atomic mass is 127. The predicted octanol–water partition coefficient (Wildman–Crippen LogP) is 4.26. The first-order valence-corrected chi connectivity index (χ1v) is 14.5. The van der Waals surface area contributed by atoms with Crippen LogP contribution in [0.25, 0.3) is 0 Å². The molecule has 3 saturated heterocycles. The zero-order valence-electron chi connectivity index (χ0n) is 20.5. The lowest BCUT2D eigenvalue weighted by molar-refractivity contribution is -0.125. The number of thiophene rings is 1. The maximum Gasteiger partial charge on any atom is 0.256 e. The Bertz CT molecular complexity index is 1060. The molecule has 0 aliphatic carbocycles. The average molecular weight is 608 g/mol. The van der Waals surface area contributed by atoms with Gasteiger partial charge in [-0.3, -0.25) is 9.59 Å². The van der Waals surface area contributed by atoms with Gasteiger partial charge < -0.3 is 19.9 Å². The summed E-state index contributed by atoms with van der Waals surface area (Å²) in [5, 5.41) is 3.30. The minimum Gasteiger partial charge on any atom is -0.381 e. The topological polar surface area (TPSA) is 61.9 Å². The van der Waals surface area contributed by atoms with Crippen LogP contribution in [0.1, 0.15) is 44.6 Å². The molecule has 2 aromatic rings. The molecule has 0 saturated carbocycles. The quantitative estimate of drug-likeness (QED) is 0.479. The Labute approximate surface area is 225 Å². The molecule has 188 valence electrons. The van der Waals surface area contributed by atoms with Crippen molar-refractivity contribution in [2.24, 2.45) is 17.8 Å². The molecule has 4 atom stereocenters. The lowest BCUT2D eigenvalue weighted by Gasteiger charge is -2.25. The van der Waals surface area contributed by atoms with Crippen molar-refractivity contribution in [3.63, 3.8) is 0 Å². The van der Waals surface area contributed by atoms with Crippen LogP contribution in [-0.2, 0) is 9.53 Å². The molecule has 1 aromatic heterocycles. The summed E-state index contributed by atoms with van der Waals surface area (Å²) in [4.78, 5) is 33.1. The Morgan fingerprint density at radius 3 is 2.43 bits per heavy atom. The molecule has 8 heteroatoms. The molecule has 3 unspecified atom stereocenters. The number of hydrogen-bond donors (Lipinski definition) is 1. The first kappa shape index (κ1) is 25.2. The van der Waals surface area contributed by atoms with Gasteiger partial charge in [-0.15, -0.1) is 11.3 Å². The lowest BCUT2D eigenvalue weighted by Crippen LogP contribution is -2.37. The van der Waals surface area contributed by atoms with Crippen molar-refractivity contribution in [1.82, 2.24) is 15.1 Å². The molecule has 2 amide bonds. The zero-order chi connectivity index (χ0) is 24.5. The number of nitrogens with one attached hydrogen (secondary N) is 1. The van der Waals surface area contributed by atoms with Gasteiger partial charge in [-0.2, -0.15) is 0 Å². The van der Waals surface area contributed by atoms with E-state index in [9.17, 15) is 9.59 Å². The fraction of sp³-hybridized carbons (Fsp3) is 0.556. The SMILES string of the molecule is Cc1sc(C)c(C(=O)N2CC3CN(CC[C@H](NC(=O)C4CCOC4)c4ccccc4)CC3C2)c1I. The summed E-state index contributed by atoms with van der Waals surface area (Å²) >= 11 is 4.05. The van der Waals surface area contributed by atoms with Crippen LogP contribution in [0.3, 0.4) is 0 Å². The molecule has 3 fully saturated rings. The highest BCUT2D eigenvalue weighted by molar-refractivity contribution is 14.1. The molecule has 1 aromatic carbocycles. The maximum absolute atomic E-state index is 13.3. The number of carbonyl (C=O) groups excluding carboxylic acids is 2. The van der Waals surface area contributed by atoms with E-state index in [1.165, 1.54) is 4.88 Å². The first-order chi connectivity index (χ1) is 16.9. The van der Waals surface area contributed by atoms with E-state index in [4.69, 9.17) is 4.74 Å². The number of nitrogens with zero attached hydrogens (tertiary/aromatic N) is 2. The van der Waals surface area contributed by atoms with Crippen LogP contribution in [0.15, 0.2) is 30.3 Å². The third-order valence-electron chi connectivity index (χ3n) is 7.80. The van der Waals surface area contributed by atoms with Crippen LogP contribution in [0, 0.1) is 35.2 Å². The smallest absolute Gasteiger partial charge is 0.256 e. The highest BCUT2D eigenvalue weighted by Crippen LogP contribution is 2.35. The Hall–Kier alpha value is -1.49. The van der Waals surface area contributed by atoms with Gasteiger partial charge in [0.15, 0.2) is 0 Å². The van der Waals surface area contributed by atoms with Crippen LogP contribution in [0.5, 0.6) is 0 Å². The number of carbonyl (C=O) groups is 2. The molecule has 0 bridgehead atoms. The summed E-state index contributed by atoms with van der Waals surface area (Å²) < 4.78 is 6.54. The molecular formula is C27H34IN3O3S. The summed E-state index contributed by atoms with van der Waals surface area (Å²) in [6.07, 6.45) is 1.69. The van der Waals surface area contributed by atoms with Crippen LogP contribution >= 0.6 is 33.9 Å². The summed E-state index contributed by atoms with van der Waals surface area (Å²) in [6.45, 7) is 10.1. The number of benzene rings is 1. The van der Waals surface area contributed by atoms with Gasteiger partial charge in [-0.1, -0.05) is 30.3 Å². The van der Waals surface area contributed by atoms with Crippen molar-refractivity contribution in [2.75, 3.05) is 45.9 Å². The second-order valence-electron chi connectivity index (χ2n) is 10.2. The van der Waals surface area contributed by atoms with Gasteiger partial charge in [0.2, 0.25) is 5.91 Å². The van der Waals surface area contributed by atoms with E-state index < -0.39 is 0 Å². The lowest BCUT2D eigenvalue weighted by atomic mass is 10.0. The number of ether oxygens (including phenoxy) is 1. The second kappa shape index (κ2) is 10.9. The van der Waals surface area contributed by atoms with Crippen molar-refractivity contribution in [1.29, 1.82) is 0 Å². The van der Waals surface area contributed by atoms with Gasteiger partial charge in [0.05, 0.1) is 24.1 Å². The van der Waals surface area contributed by atoms with Crippen LogP contribution < -0.4 is 5.32 Å². The third kappa shape index (κ3) is 5.45. The average Bonchev–Trinajstić information content (AvgIpc) is 3.62. The predicted molar refractivity (Wildman–Crippen MR) is 147 cm³/mol. The highest BCUT2D eigenvalue weighted by Gasteiger charge is 2.42. The Balaban J connectivity index is 1.17. The molecule has 0 spiro atoms. The number of rotatable bonds is 7. The first-order valence-electron chi connectivity index (χ1n) is 12.6. The molecule has 4 heterocycles. The van der Waals surface area contributed by atoms with E-state index in [2.05, 4.69) is 63.7 Å².